The molecule has 4 heteroatoms. The minimum absolute atomic E-state index is 0. The van der Waals surface area contributed by atoms with Gasteiger partial charge in [-0.25, -0.2) is 4.98 Å². The van der Waals surface area contributed by atoms with Crippen molar-refractivity contribution in [1.29, 1.82) is 0 Å². The van der Waals surface area contributed by atoms with Crippen molar-refractivity contribution in [1.82, 2.24) is 15.2 Å². The third-order valence-electron chi connectivity index (χ3n) is 7.53. The Hall–Kier alpha value is -3.27. The monoisotopic (exact) mass is 516 g/mol. The normalized spacial score (nSPS) is 21.7. The highest BCUT2D eigenvalue weighted by Crippen LogP contribution is 2.40. The van der Waals surface area contributed by atoms with Gasteiger partial charge in [0.05, 0.1) is 0 Å². The van der Waals surface area contributed by atoms with Crippen LogP contribution in [0.5, 0.6) is 0 Å². The first kappa shape index (κ1) is 31.0. The largest absolute Gasteiger partial charge is 0.377 e. The number of nitrogens with one attached hydrogen (secondary N) is 1. The Bertz CT molecular complexity index is 1130. The summed E-state index contributed by atoms with van der Waals surface area (Å²) in [6, 6.07) is 4.19. The molecule has 1 unspecified atom stereocenters. The van der Waals surface area contributed by atoms with Crippen molar-refractivity contribution >= 4 is 11.5 Å². The van der Waals surface area contributed by atoms with Gasteiger partial charge in [0.2, 0.25) is 0 Å². The second-order valence-electron chi connectivity index (χ2n) is 10.5. The van der Waals surface area contributed by atoms with E-state index < -0.39 is 0 Å². The maximum absolute atomic E-state index is 4.63. The maximum atomic E-state index is 4.63. The third kappa shape index (κ3) is 7.63. The Morgan fingerprint density at radius 1 is 1.21 bits per heavy atom. The molecule has 1 fully saturated rings. The van der Waals surface area contributed by atoms with Crippen LogP contribution >= 0.6 is 0 Å². The average molecular weight is 517 g/mol. The Morgan fingerprint density at radius 2 is 1.92 bits per heavy atom. The first-order valence-corrected chi connectivity index (χ1v) is 13.8. The molecule has 3 aliphatic rings. The van der Waals surface area contributed by atoms with Gasteiger partial charge in [0.1, 0.15) is 5.82 Å². The zero-order valence-corrected chi connectivity index (χ0v) is 23.8. The van der Waals surface area contributed by atoms with Crippen LogP contribution in [0.15, 0.2) is 96.6 Å². The number of likely N-dealkylation sites (N-methyl/N-ethyl adjacent to an activating group) is 1. The van der Waals surface area contributed by atoms with Gasteiger partial charge in [-0.1, -0.05) is 66.0 Å². The highest BCUT2D eigenvalue weighted by Gasteiger charge is 2.27. The lowest BCUT2D eigenvalue weighted by Gasteiger charge is -2.32. The molecular formula is C34H52N4. The van der Waals surface area contributed by atoms with Crippen molar-refractivity contribution in [3.05, 3.63) is 102 Å². The van der Waals surface area contributed by atoms with E-state index in [9.17, 15) is 0 Å². The van der Waals surface area contributed by atoms with E-state index >= 15 is 0 Å². The molecule has 1 N–H and O–H groups in total. The lowest BCUT2D eigenvalue weighted by atomic mass is 9.73. The van der Waals surface area contributed by atoms with Crippen molar-refractivity contribution in [3.8, 4) is 0 Å². The zero-order valence-electron chi connectivity index (χ0n) is 23.8. The molecular weight excluding hydrogens is 464 g/mol. The number of piperidine rings is 1. The summed E-state index contributed by atoms with van der Waals surface area (Å²) in [7, 11) is 2.10. The van der Waals surface area contributed by atoms with E-state index in [2.05, 4.69) is 110 Å². The minimum atomic E-state index is -0.0985. The molecule has 1 aromatic heterocycles. The quantitative estimate of drug-likeness (QED) is 0.368. The zero-order chi connectivity index (χ0) is 27.0. The van der Waals surface area contributed by atoms with Gasteiger partial charge in [0, 0.05) is 56.7 Å². The summed E-state index contributed by atoms with van der Waals surface area (Å²) < 4.78 is 0. The second-order valence-corrected chi connectivity index (χ2v) is 10.5. The van der Waals surface area contributed by atoms with Crippen LogP contribution in [0, 0.1) is 11.3 Å². The maximum Gasteiger partial charge on any atom is 0.129 e. The standard InChI is InChI=1S/C31H40N4.C2H6.CH4.H2/c1-7-31(5)14-8-28(26-12-16-34(6)17-13-26)21-29(31)20-24(3)33-25(4)27-9-15-32-30(22-27)35-18-10-23(2)11-19-35;1-2;;/h7-9,12-13,15-16,20-23,33H,1,4,10-11,14,17-19H2,2-3,5-6H3;1-2H3;1H4;1H/b24-20+;;;. The molecule has 1 atom stereocenters. The number of hydrogen-bond donors (Lipinski definition) is 1. The predicted molar refractivity (Wildman–Crippen MR) is 170 cm³/mol. The van der Waals surface area contributed by atoms with Crippen LogP contribution in [0.4, 0.5) is 5.82 Å². The molecule has 0 bridgehead atoms. The SMILES string of the molecule is C.C=CC1(C)CC=C(C2=CCN(C)C=C2)C=C1/C=C(\C)NC(=C)c1ccnc(N2CCC(C)CC2)c1.CC.[HH]. The summed E-state index contributed by atoms with van der Waals surface area (Å²) in [5.41, 5.74) is 6.75. The number of aromatic nitrogens is 1. The minimum Gasteiger partial charge on any atom is -0.377 e. The number of hydrogen-bond acceptors (Lipinski definition) is 4. The van der Waals surface area contributed by atoms with Gasteiger partial charge < -0.3 is 15.1 Å². The molecule has 4 nitrogen and oxygen atoms in total. The Labute approximate surface area is 234 Å². The van der Waals surface area contributed by atoms with E-state index in [-0.39, 0.29) is 14.3 Å². The van der Waals surface area contributed by atoms with Gasteiger partial charge in [-0.15, -0.1) is 6.58 Å². The lowest BCUT2D eigenvalue weighted by molar-refractivity contribution is 0.436. The van der Waals surface area contributed by atoms with E-state index in [1.54, 1.807) is 0 Å². The number of allylic oxidation sites excluding steroid dienone is 9. The number of rotatable bonds is 7. The van der Waals surface area contributed by atoms with Crippen molar-refractivity contribution in [2.75, 3.05) is 31.6 Å². The molecule has 2 aliphatic heterocycles. The number of anilines is 1. The summed E-state index contributed by atoms with van der Waals surface area (Å²) in [5, 5.41) is 3.53. The third-order valence-corrected chi connectivity index (χ3v) is 7.53. The first-order valence-electron chi connectivity index (χ1n) is 13.8. The molecule has 0 saturated carbocycles. The van der Waals surface area contributed by atoms with Gasteiger partial charge in [-0.2, -0.15) is 0 Å². The topological polar surface area (TPSA) is 31.4 Å². The van der Waals surface area contributed by atoms with Crippen molar-refractivity contribution in [2.24, 2.45) is 11.3 Å². The van der Waals surface area contributed by atoms with Crippen LogP contribution in [0.2, 0.25) is 0 Å². The molecule has 0 aromatic carbocycles. The molecule has 38 heavy (non-hydrogen) atoms. The predicted octanol–water partition coefficient (Wildman–Crippen LogP) is 8.52. The molecule has 1 saturated heterocycles. The molecule has 0 radical (unpaired) electrons. The fourth-order valence-corrected chi connectivity index (χ4v) is 4.83. The van der Waals surface area contributed by atoms with Crippen LogP contribution in [0.25, 0.3) is 5.70 Å². The Kier molecular flexibility index (Phi) is 11.4. The molecule has 0 spiro atoms. The molecule has 1 aromatic rings. The molecule has 1 aliphatic carbocycles. The van der Waals surface area contributed by atoms with Gasteiger partial charge in [-0.05, 0) is 79.3 Å². The number of pyridine rings is 1. The van der Waals surface area contributed by atoms with Crippen LogP contribution in [0.3, 0.4) is 0 Å². The van der Waals surface area contributed by atoms with Crippen molar-refractivity contribution in [3.63, 3.8) is 0 Å². The summed E-state index contributed by atoms with van der Waals surface area (Å²) in [4.78, 5) is 9.21. The van der Waals surface area contributed by atoms with E-state index in [1.165, 1.54) is 29.6 Å². The van der Waals surface area contributed by atoms with E-state index in [4.69, 9.17) is 0 Å². The van der Waals surface area contributed by atoms with Crippen LogP contribution < -0.4 is 10.2 Å². The fourth-order valence-electron chi connectivity index (χ4n) is 4.83. The first-order chi connectivity index (χ1) is 17.8. The van der Waals surface area contributed by atoms with Gasteiger partial charge in [0.15, 0.2) is 0 Å². The van der Waals surface area contributed by atoms with E-state index in [1.807, 2.05) is 26.1 Å². The fraction of sp³-hybridized carbons (Fsp3) is 0.441. The van der Waals surface area contributed by atoms with Crippen molar-refractivity contribution < 1.29 is 1.43 Å². The van der Waals surface area contributed by atoms with Gasteiger partial charge >= 0.3 is 0 Å². The molecule has 4 rings (SSSR count). The lowest BCUT2D eigenvalue weighted by Crippen LogP contribution is -2.33. The Balaban J connectivity index is 0.00000186. The van der Waals surface area contributed by atoms with E-state index in [0.717, 1.165) is 54.7 Å². The van der Waals surface area contributed by atoms with Crippen LogP contribution in [0.1, 0.15) is 68.3 Å². The molecule has 3 heterocycles. The molecule has 0 amide bonds. The van der Waals surface area contributed by atoms with Crippen LogP contribution in [-0.2, 0) is 0 Å². The van der Waals surface area contributed by atoms with E-state index in [0.29, 0.717) is 0 Å². The highest BCUT2D eigenvalue weighted by atomic mass is 15.2. The number of nitrogens with zero attached hydrogens (tertiary/aromatic N) is 3. The van der Waals surface area contributed by atoms with Gasteiger partial charge in [-0.3, -0.25) is 0 Å². The van der Waals surface area contributed by atoms with Crippen molar-refractivity contribution in [2.45, 2.75) is 61.3 Å². The summed E-state index contributed by atoms with van der Waals surface area (Å²) in [6.45, 7) is 22.3. The summed E-state index contributed by atoms with van der Waals surface area (Å²) >= 11 is 0. The summed E-state index contributed by atoms with van der Waals surface area (Å²) in [5.74, 6) is 1.85. The van der Waals surface area contributed by atoms with Gasteiger partial charge in [0.25, 0.3) is 0 Å². The smallest absolute Gasteiger partial charge is 0.129 e. The Morgan fingerprint density at radius 3 is 2.55 bits per heavy atom. The van der Waals surface area contributed by atoms with Crippen LogP contribution in [-0.4, -0.2) is 36.6 Å². The highest BCUT2D eigenvalue weighted by molar-refractivity contribution is 5.66. The average Bonchev–Trinajstić information content (AvgIpc) is 2.92. The molecule has 208 valence electrons. The second kappa shape index (κ2) is 14.0. The summed E-state index contributed by atoms with van der Waals surface area (Å²) in [6.07, 6.45) is 20.9.